The SMILES string of the molecule is CN(CC(=O)N(Cc1ccc(C2CCCCC2)cc1)c1ccc(C(=O)OCc2ccccc2)c(OCc2ccccc2)c1)S(=O)(=O)c1ccc(-c2ccccc2)cc1. The van der Waals surface area contributed by atoms with Crippen molar-refractivity contribution in [1.29, 1.82) is 0 Å². The van der Waals surface area contributed by atoms with Crippen molar-refractivity contribution < 1.29 is 27.5 Å². The molecule has 7 rings (SSSR count). The monoisotopic (exact) mass is 792 g/mol. The Labute approximate surface area is 341 Å². The molecule has 1 amide bonds. The number of rotatable bonds is 15. The molecule has 1 aliphatic carbocycles. The Kier molecular flexibility index (Phi) is 13.1. The van der Waals surface area contributed by atoms with E-state index in [1.54, 1.807) is 47.4 Å². The number of benzene rings is 6. The van der Waals surface area contributed by atoms with Gasteiger partial charge in [-0.25, -0.2) is 13.2 Å². The van der Waals surface area contributed by atoms with Crippen LogP contribution in [-0.4, -0.2) is 38.2 Å². The quantitative estimate of drug-likeness (QED) is 0.0962. The van der Waals surface area contributed by atoms with Gasteiger partial charge in [0.15, 0.2) is 0 Å². The van der Waals surface area contributed by atoms with Gasteiger partial charge in [-0.2, -0.15) is 4.31 Å². The van der Waals surface area contributed by atoms with Crippen LogP contribution >= 0.6 is 0 Å². The number of sulfonamides is 1. The molecule has 0 heterocycles. The summed E-state index contributed by atoms with van der Waals surface area (Å²) in [5.41, 5.74) is 6.42. The minimum atomic E-state index is -4.03. The Balaban J connectivity index is 1.18. The lowest BCUT2D eigenvalue weighted by molar-refractivity contribution is -0.118. The predicted octanol–water partition coefficient (Wildman–Crippen LogP) is 10.2. The standard InChI is InChI=1S/C49H48N2O6S/c1-50(58(54,55)45-29-26-43(27-30-45)41-20-12-5-13-21-41)34-48(52)51(33-37-22-24-42(25-23-37)40-18-10-4-11-19-40)44-28-31-46(49(53)57-36-39-16-8-3-9-17-39)47(32-44)56-35-38-14-6-2-7-15-38/h2-3,5-9,12-17,20-32,40H,4,10-11,18-19,33-36H2,1H3. The lowest BCUT2D eigenvalue weighted by atomic mass is 9.84. The molecule has 296 valence electrons. The summed E-state index contributed by atoms with van der Waals surface area (Å²) in [5.74, 6) is -0.250. The van der Waals surface area contributed by atoms with Crippen LogP contribution in [0.1, 0.15) is 70.6 Å². The predicted molar refractivity (Wildman–Crippen MR) is 228 cm³/mol. The Morgan fingerprint density at radius 1 is 0.638 bits per heavy atom. The number of hydrogen-bond donors (Lipinski definition) is 0. The smallest absolute Gasteiger partial charge is 0.342 e. The van der Waals surface area contributed by atoms with E-state index < -0.39 is 28.4 Å². The molecule has 9 heteroatoms. The number of ether oxygens (including phenoxy) is 2. The maximum Gasteiger partial charge on any atom is 0.342 e. The summed E-state index contributed by atoms with van der Waals surface area (Å²) in [4.78, 5) is 29.6. The number of nitrogens with zero attached hydrogens (tertiary/aromatic N) is 2. The minimum Gasteiger partial charge on any atom is -0.488 e. The molecule has 58 heavy (non-hydrogen) atoms. The highest BCUT2D eigenvalue weighted by atomic mass is 32.2. The topological polar surface area (TPSA) is 93.2 Å². The Bertz CT molecular complexity index is 2380. The highest BCUT2D eigenvalue weighted by Crippen LogP contribution is 2.34. The highest BCUT2D eigenvalue weighted by molar-refractivity contribution is 7.89. The summed E-state index contributed by atoms with van der Waals surface area (Å²) in [6.45, 7) is -0.00987. The molecule has 0 atom stereocenters. The van der Waals surface area contributed by atoms with Crippen molar-refractivity contribution in [2.45, 2.75) is 62.7 Å². The van der Waals surface area contributed by atoms with E-state index in [2.05, 4.69) is 12.1 Å². The van der Waals surface area contributed by atoms with E-state index in [0.717, 1.165) is 32.1 Å². The maximum absolute atomic E-state index is 14.4. The van der Waals surface area contributed by atoms with Crippen LogP contribution in [0, 0.1) is 0 Å². The van der Waals surface area contributed by atoms with E-state index in [-0.39, 0.29) is 36.0 Å². The first-order valence-corrected chi connectivity index (χ1v) is 21.2. The van der Waals surface area contributed by atoms with E-state index in [4.69, 9.17) is 9.47 Å². The van der Waals surface area contributed by atoms with Crippen LogP contribution in [-0.2, 0) is 39.3 Å². The molecule has 1 fully saturated rings. The zero-order valence-electron chi connectivity index (χ0n) is 32.7. The number of esters is 1. The molecule has 0 unspecified atom stereocenters. The third kappa shape index (κ3) is 10.1. The Morgan fingerprint density at radius 2 is 1.22 bits per heavy atom. The molecule has 0 saturated heterocycles. The molecule has 1 saturated carbocycles. The maximum atomic E-state index is 14.4. The van der Waals surface area contributed by atoms with E-state index in [1.807, 2.05) is 103 Å². The van der Waals surface area contributed by atoms with Gasteiger partial charge in [-0.3, -0.25) is 4.79 Å². The van der Waals surface area contributed by atoms with Crippen LogP contribution in [0.2, 0.25) is 0 Å². The van der Waals surface area contributed by atoms with Crippen molar-refractivity contribution >= 4 is 27.6 Å². The van der Waals surface area contributed by atoms with Gasteiger partial charge < -0.3 is 14.4 Å². The number of likely N-dealkylation sites (N-methyl/N-ethyl adjacent to an activating group) is 1. The van der Waals surface area contributed by atoms with Gasteiger partial charge in [-0.05, 0) is 76.4 Å². The Hall–Kier alpha value is -6.03. The van der Waals surface area contributed by atoms with E-state index in [9.17, 15) is 18.0 Å². The highest BCUT2D eigenvalue weighted by Gasteiger charge is 2.28. The van der Waals surface area contributed by atoms with Crippen LogP contribution < -0.4 is 9.64 Å². The van der Waals surface area contributed by atoms with Gasteiger partial charge in [0.1, 0.15) is 24.5 Å². The van der Waals surface area contributed by atoms with E-state index >= 15 is 0 Å². The van der Waals surface area contributed by atoms with Gasteiger partial charge in [0, 0.05) is 18.8 Å². The fourth-order valence-electron chi connectivity index (χ4n) is 7.33. The minimum absolute atomic E-state index is 0.0802. The summed E-state index contributed by atoms with van der Waals surface area (Å²) < 4.78 is 40.8. The van der Waals surface area contributed by atoms with Gasteiger partial charge in [-0.1, -0.05) is 147 Å². The molecule has 6 aromatic carbocycles. The van der Waals surface area contributed by atoms with Crippen molar-refractivity contribution in [3.8, 4) is 16.9 Å². The summed E-state index contributed by atoms with van der Waals surface area (Å²) in [5, 5.41) is 0. The molecule has 1 aliphatic rings. The van der Waals surface area contributed by atoms with Crippen molar-refractivity contribution in [1.82, 2.24) is 4.31 Å². The van der Waals surface area contributed by atoms with Crippen molar-refractivity contribution in [3.05, 3.63) is 186 Å². The lowest BCUT2D eigenvalue weighted by Gasteiger charge is -2.27. The molecule has 0 aliphatic heterocycles. The fourth-order valence-corrected chi connectivity index (χ4v) is 8.45. The largest absolute Gasteiger partial charge is 0.488 e. The number of carbonyl (C=O) groups is 2. The molecule has 6 aromatic rings. The van der Waals surface area contributed by atoms with Gasteiger partial charge in [0.05, 0.1) is 18.0 Å². The van der Waals surface area contributed by atoms with Crippen LogP contribution in [0.4, 0.5) is 5.69 Å². The van der Waals surface area contributed by atoms with Crippen molar-refractivity contribution in [2.75, 3.05) is 18.5 Å². The van der Waals surface area contributed by atoms with Gasteiger partial charge in [0.2, 0.25) is 15.9 Å². The van der Waals surface area contributed by atoms with Crippen LogP contribution in [0.25, 0.3) is 11.1 Å². The first-order chi connectivity index (χ1) is 28.2. The Morgan fingerprint density at radius 3 is 1.86 bits per heavy atom. The lowest BCUT2D eigenvalue weighted by Crippen LogP contribution is -2.41. The third-order valence-corrected chi connectivity index (χ3v) is 12.5. The van der Waals surface area contributed by atoms with Gasteiger partial charge >= 0.3 is 5.97 Å². The fraction of sp³-hybridized carbons (Fsp3) is 0.224. The molecular weight excluding hydrogens is 745 g/mol. The normalized spacial score (nSPS) is 13.2. The first-order valence-electron chi connectivity index (χ1n) is 19.8. The second kappa shape index (κ2) is 18.9. The summed E-state index contributed by atoms with van der Waals surface area (Å²) in [6.07, 6.45) is 6.08. The van der Waals surface area contributed by atoms with E-state index in [1.165, 1.54) is 44.7 Å². The molecule has 0 spiro atoms. The van der Waals surface area contributed by atoms with Gasteiger partial charge in [0.25, 0.3) is 0 Å². The van der Waals surface area contributed by atoms with Crippen molar-refractivity contribution in [3.63, 3.8) is 0 Å². The number of carbonyl (C=O) groups excluding carboxylic acids is 2. The summed E-state index contributed by atoms with van der Waals surface area (Å²) >= 11 is 0. The number of hydrogen-bond acceptors (Lipinski definition) is 6. The number of anilines is 1. The van der Waals surface area contributed by atoms with Crippen LogP contribution in [0.5, 0.6) is 5.75 Å². The van der Waals surface area contributed by atoms with E-state index in [0.29, 0.717) is 11.6 Å². The molecule has 0 radical (unpaired) electrons. The zero-order chi connectivity index (χ0) is 40.3. The second-order valence-electron chi connectivity index (χ2n) is 14.7. The second-order valence-corrected chi connectivity index (χ2v) is 16.8. The third-order valence-electron chi connectivity index (χ3n) is 10.7. The molecular formula is C49H48N2O6S. The summed E-state index contributed by atoms with van der Waals surface area (Å²) in [6, 6.07) is 48.7. The summed E-state index contributed by atoms with van der Waals surface area (Å²) in [7, 11) is -2.62. The van der Waals surface area contributed by atoms with Crippen molar-refractivity contribution in [2.24, 2.45) is 0 Å². The van der Waals surface area contributed by atoms with Crippen LogP contribution in [0.15, 0.2) is 163 Å². The molecule has 8 nitrogen and oxygen atoms in total. The zero-order valence-corrected chi connectivity index (χ0v) is 33.5. The average Bonchev–Trinajstić information content (AvgIpc) is 3.28. The van der Waals surface area contributed by atoms with Crippen LogP contribution in [0.3, 0.4) is 0 Å². The van der Waals surface area contributed by atoms with Gasteiger partial charge in [-0.15, -0.1) is 0 Å². The average molecular weight is 793 g/mol. The first kappa shape index (κ1) is 40.2. The molecule has 0 bridgehead atoms. The number of amides is 1. The molecule has 0 N–H and O–H groups in total. The molecule has 0 aromatic heterocycles.